The lowest BCUT2D eigenvalue weighted by Gasteiger charge is -2.27. The van der Waals surface area contributed by atoms with Crippen LogP contribution in [0.3, 0.4) is 0 Å². The topological polar surface area (TPSA) is 110 Å². The SMILES string of the molecule is C[C@@H](O)[C@@H](C(=O)NO)N(C#C/C=C/c1ccc(CO)cc1)C(=O)c1ccccc1. The monoisotopic (exact) mass is 394 g/mol. The van der Waals surface area contributed by atoms with Gasteiger partial charge in [-0.15, -0.1) is 0 Å². The number of nitrogens with one attached hydrogen (secondary N) is 1. The summed E-state index contributed by atoms with van der Waals surface area (Å²) < 4.78 is 0. The Morgan fingerprint density at radius 3 is 2.34 bits per heavy atom. The molecule has 7 nitrogen and oxygen atoms in total. The van der Waals surface area contributed by atoms with Gasteiger partial charge in [-0.3, -0.25) is 19.7 Å². The maximum atomic E-state index is 12.8. The van der Waals surface area contributed by atoms with Gasteiger partial charge in [0.15, 0.2) is 6.04 Å². The van der Waals surface area contributed by atoms with Crippen molar-refractivity contribution < 1.29 is 25.0 Å². The lowest BCUT2D eigenvalue weighted by Crippen LogP contribution is -2.52. The highest BCUT2D eigenvalue weighted by atomic mass is 16.5. The Balaban J connectivity index is 2.32. The third-order valence-electron chi connectivity index (χ3n) is 4.06. The molecule has 7 heteroatoms. The molecule has 0 aromatic heterocycles. The first-order chi connectivity index (χ1) is 14.0. The van der Waals surface area contributed by atoms with E-state index in [1.165, 1.54) is 18.5 Å². The molecule has 29 heavy (non-hydrogen) atoms. The molecule has 0 radical (unpaired) electrons. The van der Waals surface area contributed by atoms with Crippen LogP contribution in [0.2, 0.25) is 0 Å². The number of allylic oxidation sites excluding steroid dienone is 1. The lowest BCUT2D eigenvalue weighted by atomic mass is 10.1. The smallest absolute Gasteiger partial charge is 0.269 e. The fourth-order valence-electron chi connectivity index (χ4n) is 2.56. The molecule has 2 aromatic carbocycles. The Kier molecular flexibility index (Phi) is 8.12. The number of carbonyl (C=O) groups is 2. The highest BCUT2D eigenvalue weighted by Crippen LogP contribution is 2.12. The van der Waals surface area contributed by atoms with Crippen LogP contribution in [-0.2, 0) is 11.4 Å². The van der Waals surface area contributed by atoms with Gasteiger partial charge in [0.1, 0.15) is 0 Å². The second kappa shape index (κ2) is 10.8. The van der Waals surface area contributed by atoms with Crippen molar-refractivity contribution >= 4 is 17.9 Å². The van der Waals surface area contributed by atoms with Gasteiger partial charge in [0.25, 0.3) is 11.8 Å². The van der Waals surface area contributed by atoms with E-state index in [1.54, 1.807) is 60.7 Å². The minimum absolute atomic E-state index is 0.0476. The number of hydroxylamine groups is 1. The van der Waals surface area contributed by atoms with E-state index in [-0.39, 0.29) is 12.2 Å². The number of rotatable bonds is 6. The van der Waals surface area contributed by atoms with E-state index in [0.29, 0.717) is 0 Å². The normalized spacial score (nSPS) is 12.6. The molecule has 0 aliphatic rings. The molecule has 0 bridgehead atoms. The Morgan fingerprint density at radius 1 is 1.14 bits per heavy atom. The van der Waals surface area contributed by atoms with E-state index < -0.39 is 24.0 Å². The summed E-state index contributed by atoms with van der Waals surface area (Å²) in [4.78, 5) is 25.8. The van der Waals surface area contributed by atoms with Crippen molar-refractivity contribution in [1.29, 1.82) is 0 Å². The van der Waals surface area contributed by atoms with Crippen molar-refractivity contribution in [3.05, 3.63) is 77.4 Å². The maximum absolute atomic E-state index is 12.8. The molecule has 0 fully saturated rings. The fourth-order valence-corrected chi connectivity index (χ4v) is 2.56. The molecule has 0 unspecified atom stereocenters. The Bertz CT molecular complexity index is 912. The molecular weight excluding hydrogens is 372 g/mol. The molecule has 2 atom stereocenters. The molecule has 2 aromatic rings. The van der Waals surface area contributed by atoms with Crippen LogP contribution >= 0.6 is 0 Å². The van der Waals surface area contributed by atoms with Gasteiger partial charge in [-0.2, -0.15) is 0 Å². The number of benzene rings is 2. The van der Waals surface area contributed by atoms with Crippen LogP contribution in [-0.4, -0.2) is 44.3 Å². The maximum Gasteiger partial charge on any atom is 0.269 e. The zero-order valence-electron chi connectivity index (χ0n) is 15.8. The number of nitrogens with zero attached hydrogens (tertiary/aromatic N) is 1. The van der Waals surface area contributed by atoms with Gasteiger partial charge < -0.3 is 10.2 Å². The van der Waals surface area contributed by atoms with Gasteiger partial charge in [0.2, 0.25) is 0 Å². The van der Waals surface area contributed by atoms with Gasteiger partial charge >= 0.3 is 0 Å². The average Bonchev–Trinajstić information content (AvgIpc) is 2.75. The first-order valence-electron chi connectivity index (χ1n) is 8.86. The van der Waals surface area contributed by atoms with E-state index in [0.717, 1.165) is 16.0 Å². The van der Waals surface area contributed by atoms with Crippen molar-refractivity contribution in [3.8, 4) is 12.0 Å². The Labute approximate surface area is 168 Å². The first-order valence-corrected chi connectivity index (χ1v) is 8.86. The second-order valence-electron chi connectivity index (χ2n) is 6.19. The predicted octanol–water partition coefficient (Wildman–Crippen LogP) is 1.55. The van der Waals surface area contributed by atoms with E-state index in [1.807, 2.05) is 0 Å². The van der Waals surface area contributed by atoms with Gasteiger partial charge in [-0.1, -0.05) is 48.4 Å². The summed E-state index contributed by atoms with van der Waals surface area (Å²) in [5.41, 5.74) is 3.35. The summed E-state index contributed by atoms with van der Waals surface area (Å²) in [7, 11) is 0. The standard InChI is InChI=1S/C22H22N2O5/c1-16(26)20(21(27)23-29)24(22(28)19-8-3-2-4-9-19)14-6-5-7-17-10-12-18(15-25)13-11-17/h2-5,7-13,16,20,25-26,29H,15H2,1H3,(H,23,27)/b7-5+/t16-,20+/m1/s1. The summed E-state index contributed by atoms with van der Waals surface area (Å²) in [5, 5.41) is 28.0. The number of aliphatic hydroxyl groups is 2. The highest BCUT2D eigenvalue weighted by molar-refractivity contribution is 5.98. The summed E-state index contributed by atoms with van der Waals surface area (Å²) in [5.74, 6) is 1.13. The molecule has 150 valence electrons. The van der Waals surface area contributed by atoms with Crippen molar-refractivity contribution in [3.63, 3.8) is 0 Å². The third kappa shape index (κ3) is 6.02. The van der Waals surface area contributed by atoms with Crippen LogP contribution in [0.5, 0.6) is 0 Å². The quantitative estimate of drug-likeness (QED) is 0.257. The van der Waals surface area contributed by atoms with Crippen LogP contribution in [0.15, 0.2) is 60.7 Å². The summed E-state index contributed by atoms with van der Waals surface area (Å²) >= 11 is 0. The van der Waals surface area contributed by atoms with Crippen molar-refractivity contribution in [1.82, 2.24) is 10.4 Å². The van der Waals surface area contributed by atoms with E-state index in [2.05, 4.69) is 12.0 Å². The van der Waals surface area contributed by atoms with Crippen LogP contribution < -0.4 is 5.48 Å². The van der Waals surface area contributed by atoms with Gasteiger partial charge in [-0.05, 0) is 42.3 Å². The fraction of sp³-hybridized carbons (Fsp3) is 0.182. The van der Waals surface area contributed by atoms with Gasteiger partial charge in [0.05, 0.1) is 12.7 Å². The molecular formula is C22H22N2O5. The van der Waals surface area contributed by atoms with Crippen LogP contribution in [0.25, 0.3) is 6.08 Å². The largest absolute Gasteiger partial charge is 0.392 e. The van der Waals surface area contributed by atoms with Gasteiger partial charge in [-0.25, -0.2) is 5.48 Å². The summed E-state index contributed by atoms with van der Waals surface area (Å²) in [6.45, 7) is 1.28. The predicted molar refractivity (Wildman–Crippen MR) is 107 cm³/mol. The molecule has 0 aliphatic heterocycles. The molecule has 0 spiro atoms. The first kappa shape index (κ1) is 21.9. The average molecular weight is 394 g/mol. The lowest BCUT2D eigenvalue weighted by molar-refractivity contribution is -0.136. The van der Waals surface area contributed by atoms with Crippen LogP contribution in [0, 0.1) is 12.0 Å². The van der Waals surface area contributed by atoms with Crippen molar-refractivity contribution in [2.75, 3.05) is 0 Å². The highest BCUT2D eigenvalue weighted by Gasteiger charge is 2.33. The zero-order chi connectivity index (χ0) is 21.2. The molecule has 2 amide bonds. The number of hydrogen-bond acceptors (Lipinski definition) is 5. The van der Waals surface area contributed by atoms with Crippen LogP contribution in [0.1, 0.15) is 28.4 Å². The number of hydrogen-bond donors (Lipinski definition) is 4. The second-order valence-corrected chi connectivity index (χ2v) is 6.19. The molecule has 0 saturated carbocycles. The van der Waals surface area contributed by atoms with E-state index in [9.17, 15) is 14.7 Å². The zero-order valence-corrected chi connectivity index (χ0v) is 15.8. The minimum Gasteiger partial charge on any atom is -0.392 e. The van der Waals surface area contributed by atoms with Crippen molar-refractivity contribution in [2.45, 2.75) is 25.7 Å². The Hall–Kier alpha value is -3.44. The molecule has 0 aliphatic carbocycles. The van der Waals surface area contributed by atoms with Crippen LogP contribution in [0.4, 0.5) is 0 Å². The number of amides is 2. The molecule has 2 rings (SSSR count). The minimum atomic E-state index is -1.41. The number of carbonyl (C=O) groups excluding carboxylic acids is 2. The Morgan fingerprint density at radius 2 is 1.79 bits per heavy atom. The summed E-state index contributed by atoms with van der Waals surface area (Å²) in [6.07, 6.45) is 1.91. The van der Waals surface area contributed by atoms with E-state index in [4.69, 9.17) is 10.3 Å². The molecule has 0 heterocycles. The third-order valence-corrected chi connectivity index (χ3v) is 4.06. The molecule has 4 N–H and O–H groups in total. The van der Waals surface area contributed by atoms with E-state index >= 15 is 0 Å². The molecule has 0 saturated heterocycles. The van der Waals surface area contributed by atoms with Gasteiger partial charge in [0, 0.05) is 11.6 Å². The number of aliphatic hydroxyl groups excluding tert-OH is 2. The summed E-state index contributed by atoms with van der Waals surface area (Å²) in [6, 6.07) is 16.5. The van der Waals surface area contributed by atoms with Crippen molar-refractivity contribution in [2.24, 2.45) is 0 Å².